The lowest BCUT2D eigenvalue weighted by Crippen LogP contribution is -2.33. The van der Waals surface area contributed by atoms with E-state index in [1.54, 1.807) is 12.1 Å². The van der Waals surface area contributed by atoms with Gasteiger partial charge in [0.25, 0.3) is 5.91 Å². The van der Waals surface area contributed by atoms with Crippen molar-refractivity contribution in [3.8, 4) is 0 Å². The lowest BCUT2D eigenvalue weighted by Gasteiger charge is -2.06. The van der Waals surface area contributed by atoms with Crippen molar-refractivity contribution >= 4 is 22.8 Å². The first-order chi connectivity index (χ1) is 10.4. The molecule has 0 aliphatic heterocycles. The number of nitrogens with one attached hydrogen (secondary N) is 2. The fourth-order valence-electron chi connectivity index (χ4n) is 2.39. The zero-order valence-electron chi connectivity index (χ0n) is 13.4. The van der Waals surface area contributed by atoms with Crippen LogP contribution in [0, 0.1) is 0 Å². The smallest absolute Gasteiger partial charge is 0.251 e. The van der Waals surface area contributed by atoms with E-state index in [9.17, 15) is 9.59 Å². The number of fused-ring (bicyclic) bond motifs is 1. The predicted octanol–water partition coefficient (Wildman–Crippen LogP) is 1.56. The highest BCUT2D eigenvalue weighted by atomic mass is 16.2. The van der Waals surface area contributed by atoms with Crippen LogP contribution in [0.1, 0.15) is 42.9 Å². The van der Waals surface area contributed by atoms with E-state index in [0.717, 1.165) is 16.9 Å². The van der Waals surface area contributed by atoms with Crippen molar-refractivity contribution < 1.29 is 9.59 Å². The minimum atomic E-state index is -0.163. The molecule has 0 unspecified atom stereocenters. The van der Waals surface area contributed by atoms with Crippen LogP contribution in [0.5, 0.6) is 0 Å². The van der Waals surface area contributed by atoms with Gasteiger partial charge in [-0.05, 0) is 18.2 Å². The molecule has 0 saturated carbocycles. The molecule has 2 amide bonds. The highest BCUT2D eigenvalue weighted by molar-refractivity contribution is 5.97. The maximum absolute atomic E-state index is 12.1. The minimum Gasteiger partial charge on any atom is -0.355 e. The summed E-state index contributed by atoms with van der Waals surface area (Å²) in [5.74, 6) is 1.06. The second-order valence-electron chi connectivity index (χ2n) is 5.63. The third kappa shape index (κ3) is 3.44. The van der Waals surface area contributed by atoms with Crippen LogP contribution in [-0.2, 0) is 11.8 Å². The number of benzene rings is 1. The molecule has 2 aromatic rings. The van der Waals surface area contributed by atoms with Crippen molar-refractivity contribution in [3.63, 3.8) is 0 Å². The number of aromatic nitrogens is 2. The van der Waals surface area contributed by atoms with Crippen LogP contribution in [-0.4, -0.2) is 34.5 Å². The van der Waals surface area contributed by atoms with Gasteiger partial charge < -0.3 is 15.2 Å². The zero-order chi connectivity index (χ0) is 16.3. The number of hydrogen-bond donors (Lipinski definition) is 2. The second-order valence-corrected chi connectivity index (χ2v) is 5.63. The summed E-state index contributed by atoms with van der Waals surface area (Å²) in [6.45, 7) is 6.46. The van der Waals surface area contributed by atoms with Crippen LogP contribution in [0.2, 0.25) is 0 Å². The summed E-state index contributed by atoms with van der Waals surface area (Å²) < 4.78 is 2.05. The number of amides is 2. The lowest BCUT2D eigenvalue weighted by molar-refractivity contribution is -0.118. The van der Waals surface area contributed by atoms with Gasteiger partial charge in [0, 0.05) is 38.5 Å². The molecule has 1 aromatic heterocycles. The van der Waals surface area contributed by atoms with Crippen molar-refractivity contribution in [2.75, 3.05) is 13.1 Å². The molecular formula is C16H22N4O2. The summed E-state index contributed by atoms with van der Waals surface area (Å²) in [5.41, 5.74) is 2.41. The highest BCUT2D eigenvalue weighted by Crippen LogP contribution is 2.21. The molecule has 0 fully saturated rings. The van der Waals surface area contributed by atoms with Gasteiger partial charge in [0.15, 0.2) is 0 Å². The molecule has 0 aliphatic carbocycles. The van der Waals surface area contributed by atoms with E-state index in [1.165, 1.54) is 6.92 Å². The molecule has 2 N–H and O–H groups in total. The van der Waals surface area contributed by atoms with Crippen molar-refractivity contribution in [1.82, 2.24) is 20.2 Å². The van der Waals surface area contributed by atoms with E-state index >= 15 is 0 Å². The molecule has 6 nitrogen and oxygen atoms in total. The molecule has 0 radical (unpaired) electrons. The molecule has 1 heterocycles. The Balaban J connectivity index is 2.12. The average Bonchev–Trinajstić information content (AvgIpc) is 2.80. The largest absolute Gasteiger partial charge is 0.355 e. The highest BCUT2D eigenvalue weighted by Gasteiger charge is 2.13. The Morgan fingerprint density at radius 2 is 1.91 bits per heavy atom. The summed E-state index contributed by atoms with van der Waals surface area (Å²) in [5, 5.41) is 5.41. The molecule has 0 atom stereocenters. The maximum atomic E-state index is 12.1. The number of imidazole rings is 1. The zero-order valence-corrected chi connectivity index (χ0v) is 13.4. The standard InChI is InChI=1S/C16H22N4O2/c1-10(2)15-19-13-9-12(5-6-14(13)20(15)4)16(22)18-8-7-17-11(3)21/h5-6,9-10H,7-8H2,1-4H3,(H,17,21)(H,18,22). The van der Waals surface area contributed by atoms with Crippen LogP contribution in [0.15, 0.2) is 18.2 Å². The third-order valence-corrected chi connectivity index (χ3v) is 3.48. The molecule has 0 aliphatic rings. The monoisotopic (exact) mass is 302 g/mol. The number of rotatable bonds is 5. The summed E-state index contributed by atoms with van der Waals surface area (Å²) in [4.78, 5) is 27.5. The van der Waals surface area contributed by atoms with Gasteiger partial charge in [0.05, 0.1) is 11.0 Å². The Kier molecular flexibility index (Phi) is 4.80. The first kappa shape index (κ1) is 16.0. The average molecular weight is 302 g/mol. The first-order valence-electron chi connectivity index (χ1n) is 7.39. The Morgan fingerprint density at radius 3 is 2.55 bits per heavy atom. The summed E-state index contributed by atoms with van der Waals surface area (Å²) in [6, 6.07) is 5.51. The van der Waals surface area contributed by atoms with Crippen LogP contribution in [0.3, 0.4) is 0 Å². The summed E-state index contributed by atoms with van der Waals surface area (Å²) in [6.07, 6.45) is 0. The fraction of sp³-hybridized carbons (Fsp3) is 0.438. The van der Waals surface area contributed by atoms with Gasteiger partial charge in [0.1, 0.15) is 5.82 Å². The number of aryl methyl sites for hydroxylation is 1. The molecule has 118 valence electrons. The summed E-state index contributed by atoms with van der Waals surface area (Å²) in [7, 11) is 1.98. The Morgan fingerprint density at radius 1 is 1.23 bits per heavy atom. The van der Waals surface area contributed by atoms with E-state index in [4.69, 9.17) is 0 Å². The van der Waals surface area contributed by atoms with Crippen LogP contribution in [0.25, 0.3) is 11.0 Å². The maximum Gasteiger partial charge on any atom is 0.251 e. The molecule has 6 heteroatoms. The van der Waals surface area contributed by atoms with Crippen molar-refractivity contribution in [1.29, 1.82) is 0 Å². The van der Waals surface area contributed by atoms with Crippen LogP contribution >= 0.6 is 0 Å². The van der Waals surface area contributed by atoms with Crippen LogP contribution in [0.4, 0.5) is 0 Å². The van der Waals surface area contributed by atoms with Gasteiger partial charge >= 0.3 is 0 Å². The fourth-order valence-corrected chi connectivity index (χ4v) is 2.39. The van der Waals surface area contributed by atoms with E-state index < -0.39 is 0 Å². The predicted molar refractivity (Wildman–Crippen MR) is 85.8 cm³/mol. The van der Waals surface area contributed by atoms with Crippen molar-refractivity contribution in [2.45, 2.75) is 26.7 Å². The van der Waals surface area contributed by atoms with E-state index in [1.807, 2.05) is 13.1 Å². The normalized spacial score (nSPS) is 11.0. The van der Waals surface area contributed by atoms with Crippen LogP contribution < -0.4 is 10.6 Å². The molecule has 0 spiro atoms. The topological polar surface area (TPSA) is 76.0 Å². The molecule has 0 bridgehead atoms. The SMILES string of the molecule is CC(=O)NCCNC(=O)c1ccc2c(c1)nc(C(C)C)n2C. The Hall–Kier alpha value is -2.37. The van der Waals surface area contributed by atoms with Gasteiger partial charge in [-0.2, -0.15) is 0 Å². The number of carbonyl (C=O) groups is 2. The van der Waals surface area contributed by atoms with E-state index in [-0.39, 0.29) is 11.8 Å². The number of hydrogen-bond acceptors (Lipinski definition) is 3. The summed E-state index contributed by atoms with van der Waals surface area (Å²) >= 11 is 0. The molecular weight excluding hydrogens is 280 g/mol. The number of nitrogens with zero attached hydrogens (tertiary/aromatic N) is 2. The van der Waals surface area contributed by atoms with E-state index in [2.05, 4.69) is 34.0 Å². The Labute approximate surface area is 129 Å². The Bertz CT molecular complexity index is 703. The number of carbonyl (C=O) groups excluding carboxylic acids is 2. The van der Waals surface area contributed by atoms with Gasteiger partial charge in [-0.3, -0.25) is 9.59 Å². The van der Waals surface area contributed by atoms with Gasteiger partial charge in [-0.15, -0.1) is 0 Å². The quantitative estimate of drug-likeness (QED) is 0.823. The van der Waals surface area contributed by atoms with E-state index in [0.29, 0.717) is 24.6 Å². The minimum absolute atomic E-state index is 0.106. The molecule has 2 rings (SSSR count). The lowest BCUT2D eigenvalue weighted by atomic mass is 10.2. The van der Waals surface area contributed by atoms with Gasteiger partial charge in [-0.1, -0.05) is 13.8 Å². The van der Waals surface area contributed by atoms with Gasteiger partial charge in [-0.25, -0.2) is 4.98 Å². The molecule has 0 saturated heterocycles. The molecule has 1 aromatic carbocycles. The van der Waals surface area contributed by atoms with Gasteiger partial charge in [0.2, 0.25) is 5.91 Å². The second kappa shape index (κ2) is 6.60. The van der Waals surface area contributed by atoms with Crippen molar-refractivity contribution in [2.24, 2.45) is 7.05 Å². The van der Waals surface area contributed by atoms with Crippen molar-refractivity contribution in [3.05, 3.63) is 29.6 Å². The first-order valence-corrected chi connectivity index (χ1v) is 7.39. The molecule has 22 heavy (non-hydrogen) atoms. The third-order valence-electron chi connectivity index (χ3n) is 3.48.